The standard InChI is InChI=1S/C31H42N2O8/c1-29(2,3)39-26(35)23(33-28(37)41-31(7,8)9)24(27(36)40-30(4,5)6)38-19-20-15-17-21(18-16-20)25(34)32-22-13-11-10-12-14-22/h10-18,23-24H,19H2,1-9H3,(H,32,34)(H,33,37)/t23-,24-/m0/s1. The lowest BCUT2D eigenvalue weighted by molar-refractivity contribution is -0.180. The maximum absolute atomic E-state index is 13.3. The molecule has 2 amide bonds. The summed E-state index contributed by atoms with van der Waals surface area (Å²) < 4.78 is 22.2. The third-order valence-electron chi connectivity index (χ3n) is 4.95. The van der Waals surface area contributed by atoms with Gasteiger partial charge in [0.25, 0.3) is 5.91 Å². The first kappa shape index (κ1) is 33.3. The zero-order valence-electron chi connectivity index (χ0n) is 25.3. The minimum atomic E-state index is -1.57. The molecule has 0 fully saturated rings. The van der Waals surface area contributed by atoms with Gasteiger partial charge in [-0.05, 0) is 92.1 Å². The van der Waals surface area contributed by atoms with E-state index in [4.69, 9.17) is 18.9 Å². The molecule has 0 radical (unpaired) electrons. The van der Waals surface area contributed by atoms with Crippen molar-refractivity contribution in [3.8, 4) is 0 Å². The minimum absolute atomic E-state index is 0.139. The topological polar surface area (TPSA) is 129 Å². The molecule has 2 atom stereocenters. The molecule has 0 aliphatic heterocycles. The van der Waals surface area contributed by atoms with Gasteiger partial charge in [-0.3, -0.25) is 4.79 Å². The Morgan fingerprint density at radius 3 is 1.71 bits per heavy atom. The lowest BCUT2D eigenvalue weighted by atomic mass is 10.1. The van der Waals surface area contributed by atoms with Crippen LogP contribution < -0.4 is 10.6 Å². The second kappa shape index (κ2) is 13.6. The summed E-state index contributed by atoms with van der Waals surface area (Å²) in [5, 5.41) is 5.24. The Morgan fingerprint density at radius 2 is 1.20 bits per heavy atom. The summed E-state index contributed by atoms with van der Waals surface area (Å²) in [5.74, 6) is -2.06. The van der Waals surface area contributed by atoms with Crippen LogP contribution in [0.15, 0.2) is 54.6 Å². The zero-order chi connectivity index (χ0) is 31.0. The Hall–Kier alpha value is -3.92. The van der Waals surface area contributed by atoms with Crippen molar-refractivity contribution in [3.05, 3.63) is 65.7 Å². The Morgan fingerprint density at radius 1 is 0.683 bits per heavy atom. The van der Waals surface area contributed by atoms with Crippen LogP contribution in [0.25, 0.3) is 0 Å². The van der Waals surface area contributed by atoms with E-state index in [2.05, 4.69) is 10.6 Å². The molecule has 0 aliphatic carbocycles. The number of para-hydroxylation sites is 1. The maximum Gasteiger partial charge on any atom is 0.408 e. The highest BCUT2D eigenvalue weighted by molar-refractivity contribution is 6.04. The number of carbonyl (C=O) groups is 4. The van der Waals surface area contributed by atoms with Gasteiger partial charge in [0, 0.05) is 11.3 Å². The number of hydrogen-bond donors (Lipinski definition) is 2. The number of hydrogen-bond acceptors (Lipinski definition) is 8. The quantitative estimate of drug-likeness (QED) is 0.303. The molecule has 2 rings (SSSR count). The highest BCUT2D eigenvalue weighted by Crippen LogP contribution is 2.19. The van der Waals surface area contributed by atoms with E-state index in [1.165, 1.54) is 0 Å². The second-order valence-corrected chi connectivity index (χ2v) is 12.4. The molecule has 0 saturated carbocycles. The Bertz CT molecular complexity index is 1190. The first-order valence-corrected chi connectivity index (χ1v) is 13.4. The number of alkyl carbamates (subject to hydrolysis) is 1. The third kappa shape index (κ3) is 12.4. The highest BCUT2D eigenvalue weighted by atomic mass is 16.6. The number of esters is 2. The van der Waals surface area contributed by atoms with Crippen LogP contribution >= 0.6 is 0 Å². The molecule has 0 aliphatic rings. The number of ether oxygens (including phenoxy) is 4. The summed E-state index contributed by atoms with van der Waals surface area (Å²) in [4.78, 5) is 51.8. The molecular weight excluding hydrogens is 528 g/mol. The lowest BCUT2D eigenvalue weighted by Crippen LogP contribution is -2.56. The third-order valence-corrected chi connectivity index (χ3v) is 4.95. The zero-order valence-corrected chi connectivity index (χ0v) is 25.3. The van der Waals surface area contributed by atoms with Crippen LogP contribution in [0.4, 0.5) is 10.5 Å². The SMILES string of the molecule is CC(C)(C)OC(=O)N[C@H](C(=O)OC(C)(C)C)[C@H](OCc1ccc(C(=O)Nc2ccccc2)cc1)C(=O)OC(C)(C)C. The monoisotopic (exact) mass is 570 g/mol. The molecule has 2 aromatic rings. The molecular formula is C31H42N2O8. The van der Waals surface area contributed by atoms with Gasteiger partial charge in [0.15, 0.2) is 12.1 Å². The van der Waals surface area contributed by atoms with Gasteiger partial charge >= 0.3 is 18.0 Å². The van der Waals surface area contributed by atoms with E-state index >= 15 is 0 Å². The van der Waals surface area contributed by atoms with Crippen molar-refractivity contribution in [2.45, 2.75) is 97.9 Å². The van der Waals surface area contributed by atoms with E-state index < -0.39 is 47.0 Å². The number of anilines is 1. The number of rotatable bonds is 9. The molecule has 0 spiro atoms. The average Bonchev–Trinajstić information content (AvgIpc) is 2.81. The number of benzene rings is 2. The van der Waals surface area contributed by atoms with Crippen LogP contribution in [0.3, 0.4) is 0 Å². The van der Waals surface area contributed by atoms with Crippen LogP contribution in [0.1, 0.15) is 78.2 Å². The predicted octanol–water partition coefficient (Wildman–Crippen LogP) is 5.40. The van der Waals surface area contributed by atoms with Crippen molar-refractivity contribution in [1.29, 1.82) is 0 Å². The Kier molecular flexibility index (Phi) is 11.1. The second-order valence-electron chi connectivity index (χ2n) is 12.4. The molecule has 0 saturated heterocycles. The Balaban J connectivity index is 2.29. The van der Waals surface area contributed by atoms with E-state index in [1.807, 2.05) is 18.2 Å². The van der Waals surface area contributed by atoms with E-state index in [9.17, 15) is 19.2 Å². The van der Waals surface area contributed by atoms with Gasteiger partial charge in [0.2, 0.25) is 0 Å². The first-order chi connectivity index (χ1) is 18.8. The number of carbonyl (C=O) groups excluding carboxylic acids is 4. The fourth-order valence-electron chi connectivity index (χ4n) is 3.38. The fourth-order valence-corrected chi connectivity index (χ4v) is 3.38. The molecule has 0 heterocycles. The molecule has 10 heteroatoms. The summed E-state index contributed by atoms with van der Waals surface area (Å²) in [5.41, 5.74) is -0.999. The molecule has 0 unspecified atom stereocenters. The molecule has 10 nitrogen and oxygen atoms in total. The van der Waals surface area contributed by atoms with Crippen LogP contribution in [0.2, 0.25) is 0 Å². The van der Waals surface area contributed by atoms with E-state index in [-0.39, 0.29) is 12.5 Å². The van der Waals surface area contributed by atoms with Crippen molar-refractivity contribution in [1.82, 2.24) is 5.32 Å². The lowest BCUT2D eigenvalue weighted by Gasteiger charge is -2.31. The van der Waals surface area contributed by atoms with Gasteiger partial charge < -0.3 is 29.6 Å². The van der Waals surface area contributed by atoms with Gasteiger partial charge in [-0.25, -0.2) is 14.4 Å². The minimum Gasteiger partial charge on any atom is -0.458 e. The van der Waals surface area contributed by atoms with Crippen molar-refractivity contribution >= 4 is 29.6 Å². The molecule has 0 bridgehead atoms. The van der Waals surface area contributed by atoms with Gasteiger partial charge in [0.1, 0.15) is 16.8 Å². The van der Waals surface area contributed by atoms with Crippen LogP contribution in [-0.4, -0.2) is 52.9 Å². The van der Waals surface area contributed by atoms with Crippen molar-refractivity contribution < 1.29 is 38.1 Å². The van der Waals surface area contributed by atoms with Crippen molar-refractivity contribution in [2.75, 3.05) is 5.32 Å². The van der Waals surface area contributed by atoms with E-state index in [1.54, 1.807) is 98.7 Å². The number of amides is 2. The molecule has 41 heavy (non-hydrogen) atoms. The molecule has 2 N–H and O–H groups in total. The fraction of sp³-hybridized carbons (Fsp3) is 0.484. The summed E-state index contributed by atoms with van der Waals surface area (Å²) in [6.07, 6.45) is -2.50. The Labute approximate surface area is 242 Å². The molecule has 224 valence electrons. The van der Waals surface area contributed by atoms with E-state index in [0.29, 0.717) is 16.8 Å². The van der Waals surface area contributed by atoms with Crippen LogP contribution in [-0.2, 0) is 35.1 Å². The molecule has 2 aromatic carbocycles. The average molecular weight is 571 g/mol. The maximum atomic E-state index is 13.3. The largest absolute Gasteiger partial charge is 0.458 e. The summed E-state index contributed by atoms with van der Waals surface area (Å²) >= 11 is 0. The van der Waals surface area contributed by atoms with Crippen LogP contribution in [0, 0.1) is 0 Å². The molecule has 0 aromatic heterocycles. The van der Waals surface area contributed by atoms with Gasteiger partial charge in [-0.2, -0.15) is 0 Å². The summed E-state index contributed by atoms with van der Waals surface area (Å²) in [6.45, 7) is 14.9. The predicted molar refractivity (Wildman–Crippen MR) is 154 cm³/mol. The summed E-state index contributed by atoms with van der Waals surface area (Å²) in [7, 11) is 0. The van der Waals surface area contributed by atoms with Gasteiger partial charge in [-0.15, -0.1) is 0 Å². The van der Waals surface area contributed by atoms with Crippen molar-refractivity contribution in [2.24, 2.45) is 0 Å². The van der Waals surface area contributed by atoms with Gasteiger partial charge in [-0.1, -0.05) is 30.3 Å². The summed E-state index contributed by atoms with van der Waals surface area (Å²) in [6, 6.07) is 14.0. The van der Waals surface area contributed by atoms with Crippen molar-refractivity contribution in [3.63, 3.8) is 0 Å². The first-order valence-electron chi connectivity index (χ1n) is 13.4. The normalized spacial score (nSPS) is 13.4. The van der Waals surface area contributed by atoms with Crippen LogP contribution in [0.5, 0.6) is 0 Å². The van der Waals surface area contributed by atoms with Gasteiger partial charge in [0.05, 0.1) is 6.61 Å². The van der Waals surface area contributed by atoms with E-state index in [0.717, 1.165) is 0 Å². The highest BCUT2D eigenvalue weighted by Gasteiger charge is 2.42. The number of nitrogens with one attached hydrogen (secondary N) is 2. The smallest absolute Gasteiger partial charge is 0.408 e.